The molecular formula is C20H21ClN4O4S. The number of nitrogens with zero attached hydrogens (tertiary/aromatic N) is 4. The van der Waals surface area contributed by atoms with Crippen molar-refractivity contribution in [1.29, 1.82) is 0 Å². The van der Waals surface area contributed by atoms with Crippen LogP contribution in [-0.4, -0.2) is 69.0 Å². The van der Waals surface area contributed by atoms with E-state index in [1.807, 2.05) is 13.0 Å². The Bertz CT molecular complexity index is 1060. The van der Waals surface area contributed by atoms with Gasteiger partial charge in [-0.1, -0.05) is 29.9 Å². The second-order valence-corrected chi connectivity index (χ2v) is 9.56. The third kappa shape index (κ3) is 2.86. The predicted molar refractivity (Wildman–Crippen MR) is 113 cm³/mol. The van der Waals surface area contributed by atoms with Crippen molar-refractivity contribution in [2.45, 2.75) is 44.3 Å². The van der Waals surface area contributed by atoms with Crippen molar-refractivity contribution in [2.24, 2.45) is 5.92 Å². The summed E-state index contributed by atoms with van der Waals surface area (Å²) in [6, 6.07) is 4.41. The van der Waals surface area contributed by atoms with Gasteiger partial charge in [0.2, 0.25) is 11.8 Å². The fourth-order valence-electron chi connectivity index (χ4n) is 5.14. The molecule has 3 saturated heterocycles. The molecule has 5 rings (SSSR count). The zero-order valence-electron chi connectivity index (χ0n) is 16.3. The maximum absolute atomic E-state index is 13.2. The van der Waals surface area contributed by atoms with Crippen LogP contribution in [0.4, 0.5) is 9.93 Å². The Labute approximate surface area is 182 Å². The lowest BCUT2D eigenvalue weighted by Crippen LogP contribution is -2.51. The van der Waals surface area contributed by atoms with E-state index >= 15 is 0 Å². The number of halogens is 1. The summed E-state index contributed by atoms with van der Waals surface area (Å²) in [6.45, 7) is 2.74. The molecule has 0 unspecified atom stereocenters. The van der Waals surface area contributed by atoms with Gasteiger partial charge in [0.15, 0.2) is 5.13 Å². The largest absolute Gasteiger partial charge is 0.465 e. The Balaban J connectivity index is 1.44. The summed E-state index contributed by atoms with van der Waals surface area (Å²) in [5.41, 5.74) is 0.750. The quantitative estimate of drug-likeness (QED) is 0.762. The summed E-state index contributed by atoms with van der Waals surface area (Å²) >= 11 is 7.52. The SMILES string of the molecule is C[C@@H]1C(=O)N(c2nc3cc(Cl)ccc3s2)[C@H]2CCN(C(=O)[C@@H]3CCCN3C(=O)O)[C@H]12. The lowest BCUT2D eigenvalue weighted by molar-refractivity contribution is -0.137. The number of carbonyl (C=O) groups is 3. The Kier molecular flexibility index (Phi) is 4.62. The number of benzene rings is 1. The Morgan fingerprint density at radius 3 is 2.80 bits per heavy atom. The molecule has 0 saturated carbocycles. The van der Waals surface area contributed by atoms with Crippen LogP contribution in [0.3, 0.4) is 0 Å². The van der Waals surface area contributed by atoms with Crippen LogP contribution in [0.1, 0.15) is 26.2 Å². The number of carboxylic acid groups (broad SMARTS) is 1. The number of rotatable bonds is 2. The van der Waals surface area contributed by atoms with Gasteiger partial charge >= 0.3 is 6.09 Å². The Hall–Kier alpha value is -2.39. The van der Waals surface area contributed by atoms with Gasteiger partial charge in [-0.3, -0.25) is 19.4 Å². The Morgan fingerprint density at radius 2 is 2.03 bits per heavy atom. The van der Waals surface area contributed by atoms with Crippen LogP contribution < -0.4 is 4.90 Å². The number of likely N-dealkylation sites (tertiary alicyclic amines) is 2. The van der Waals surface area contributed by atoms with Crippen molar-refractivity contribution in [3.8, 4) is 0 Å². The lowest BCUT2D eigenvalue weighted by atomic mass is 10.0. The predicted octanol–water partition coefficient (Wildman–Crippen LogP) is 3.04. The molecule has 1 N–H and O–H groups in total. The fraction of sp³-hybridized carbons (Fsp3) is 0.500. The molecular weight excluding hydrogens is 428 g/mol. The van der Waals surface area contributed by atoms with Crippen molar-refractivity contribution in [3.63, 3.8) is 0 Å². The van der Waals surface area contributed by atoms with Crippen molar-refractivity contribution in [3.05, 3.63) is 23.2 Å². The molecule has 158 valence electrons. The second kappa shape index (κ2) is 7.09. The van der Waals surface area contributed by atoms with Gasteiger partial charge in [0, 0.05) is 18.1 Å². The zero-order valence-corrected chi connectivity index (χ0v) is 17.9. The van der Waals surface area contributed by atoms with E-state index in [-0.39, 0.29) is 29.8 Å². The van der Waals surface area contributed by atoms with Crippen LogP contribution in [0.15, 0.2) is 18.2 Å². The van der Waals surface area contributed by atoms with E-state index in [9.17, 15) is 19.5 Å². The third-order valence-electron chi connectivity index (χ3n) is 6.50. The summed E-state index contributed by atoms with van der Waals surface area (Å²) in [5.74, 6) is -0.592. The minimum absolute atomic E-state index is 0.0471. The average molecular weight is 449 g/mol. The topological polar surface area (TPSA) is 94.1 Å². The highest BCUT2D eigenvalue weighted by Crippen LogP contribution is 2.42. The highest BCUT2D eigenvalue weighted by atomic mass is 35.5. The van der Waals surface area contributed by atoms with Gasteiger partial charge in [0.25, 0.3) is 0 Å². The normalized spacial score (nSPS) is 28.6. The van der Waals surface area contributed by atoms with Gasteiger partial charge in [0.1, 0.15) is 6.04 Å². The van der Waals surface area contributed by atoms with Crippen molar-refractivity contribution in [2.75, 3.05) is 18.0 Å². The maximum Gasteiger partial charge on any atom is 0.407 e. The molecule has 0 radical (unpaired) electrons. The molecule has 3 amide bonds. The molecule has 0 bridgehead atoms. The first-order valence-corrected chi connectivity index (χ1v) is 11.3. The molecule has 1 aromatic heterocycles. The minimum atomic E-state index is -1.06. The molecule has 0 aliphatic carbocycles. The number of carbonyl (C=O) groups excluding carboxylic acids is 2. The first kappa shape index (κ1) is 19.6. The first-order chi connectivity index (χ1) is 14.4. The van der Waals surface area contributed by atoms with Gasteiger partial charge in [-0.2, -0.15) is 0 Å². The van der Waals surface area contributed by atoms with Crippen LogP contribution >= 0.6 is 22.9 Å². The lowest BCUT2D eigenvalue weighted by Gasteiger charge is -2.31. The molecule has 4 atom stereocenters. The van der Waals surface area contributed by atoms with Gasteiger partial charge in [-0.05, 0) is 37.5 Å². The number of hydrogen-bond donors (Lipinski definition) is 1. The summed E-state index contributed by atoms with van der Waals surface area (Å²) < 4.78 is 0.951. The number of fused-ring (bicyclic) bond motifs is 2. The monoisotopic (exact) mass is 448 g/mol. The molecule has 30 heavy (non-hydrogen) atoms. The van der Waals surface area contributed by atoms with Crippen LogP contribution in [0.2, 0.25) is 5.02 Å². The van der Waals surface area contributed by atoms with Gasteiger partial charge in [-0.25, -0.2) is 9.78 Å². The van der Waals surface area contributed by atoms with E-state index in [1.54, 1.807) is 21.9 Å². The first-order valence-electron chi connectivity index (χ1n) is 10.1. The summed E-state index contributed by atoms with van der Waals surface area (Å²) in [7, 11) is 0. The summed E-state index contributed by atoms with van der Waals surface area (Å²) in [4.78, 5) is 47.2. The molecule has 3 aliphatic rings. The van der Waals surface area contributed by atoms with E-state index in [2.05, 4.69) is 4.98 Å². The number of aromatic nitrogens is 1. The van der Waals surface area contributed by atoms with Gasteiger partial charge in [-0.15, -0.1) is 0 Å². The summed E-state index contributed by atoms with van der Waals surface area (Å²) in [5, 5.41) is 10.6. The van der Waals surface area contributed by atoms with E-state index in [0.29, 0.717) is 42.5 Å². The van der Waals surface area contributed by atoms with Crippen LogP contribution in [0, 0.1) is 5.92 Å². The standard InChI is InChI=1S/C20H21ClN4O4S/c1-10-16-13(6-8-24(16)18(27)14-3-2-7-23(14)20(28)29)25(17(10)26)19-22-12-9-11(21)4-5-15(12)30-19/h4-5,9-10,13-14,16H,2-3,6-8H2,1H3,(H,28,29)/t10-,13-,14-,16+/m0/s1. The molecule has 1 aromatic carbocycles. The average Bonchev–Trinajstić information content (AvgIpc) is 3.46. The molecule has 8 nitrogen and oxygen atoms in total. The van der Waals surface area contributed by atoms with E-state index in [1.165, 1.54) is 16.2 Å². The van der Waals surface area contributed by atoms with Crippen molar-refractivity contribution in [1.82, 2.24) is 14.8 Å². The van der Waals surface area contributed by atoms with Crippen molar-refractivity contribution < 1.29 is 19.5 Å². The zero-order chi connectivity index (χ0) is 21.2. The Morgan fingerprint density at radius 1 is 1.23 bits per heavy atom. The fourth-order valence-corrected chi connectivity index (χ4v) is 6.32. The molecule has 10 heteroatoms. The second-order valence-electron chi connectivity index (χ2n) is 8.12. The highest BCUT2D eigenvalue weighted by molar-refractivity contribution is 7.22. The van der Waals surface area contributed by atoms with Crippen LogP contribution in [0.5, 0.6) is 0 Å². The van der Waals surface area contributed by atoms with Gasteiger partial charge < -0.3 is 10.0 Å². The van der Waals surface area contributed by atoms with E-state index < -0.39 is 12.1 Å². The molecule has 0 spiro atoms. The molecule has 2 aromatic rings. The van der Waals surface area contributed by atoms with Crippen molar-refractivity contribution >= 4 is 56.2 Å². The van der Waals surface area contributed by atoms with Crippen LogP contribution in [0.25, 0.3) is 10.2 Å². The summed E-state index contributed by atoms with van der Waals surface area (Å²) in [6.07, 6.45) is 0.804. The highest BCUT2D eigenvalue weighted by Gasteiger charge is 2.55. The number of hydrogen-bond acceptors (Lipinski definition) is 5. The third-order valence-corrected chi connectivity index (χ3v) is 7.77. The number of anilines is 1. The number of amides is 3. The van der Waals surface area contributed by atoms with E-state index in [4.69, 9.17) is 11.6 Å². The smallest absolute Gasteiger partial charge is 0.407 e. The molecule has 4 heterocycles. The minimum Gasteiger partial charge on any atom is -0.465 e. The maximum atomic E-state index is 13.2. The van der Waals surface area contributed by atoms with E-state index in [0.717, 1.165) is 10.2 Å². The molecule has 3 fully saturated rings. The van der Waals surface area contributed by atoms with Gasteiger partial charge in [0.05, 0.1) is 28.2 Å². The number of thiazole rings is 1. The molecule has 3 aliphatic heterocycles. The van der Waals surface area contributed by atoms with Crippen LogP contribution in [-0.2, 0) is 9.59 Å².